The van der Waals surface area contributed by atoms with Crippen molar-refractivity contribution in [3.05, 3.63) is 64.1 Å². The van der Waals surface area contributed by atoms with E-state index < -0.39 is 15.8 Å². The lowest BCUT2D eigenvalue weighted by atomic mass is 10.2. The van der Waals surface area contributed by atoms with E-state index in [0.29, 0.717) is 22.2 Å². The van der Waals surface area contributed by atoms with Crippen molar-refractivity contribution in [1.29, 1.82) is 0 Å². The number of hydrogen-bond donors (Lipinski definition) is 2. The number of nitrogens with one attached hydrogen (secondary N) is 2. The number of carbonyl (C=O) groups excluding carboxylic acids is 1. The molecule has 2 aromatic carbocycles. The Balaban J connectivity index is 1.82. The van der Waals surface area contributed by atoms with Crippen LogP contribution in [0, 0.1) is 0 Å². The van der Waals surface area contributed by atoms with Gasteiger partial charge >= 0.3 is 5.76 Å². The van der Waals surface area contributed by atoms with E-state index in [0.717, 1.165) is 0 Å². The number of hydrogen-bond acceptors (Lipinski definition) is 5. The highest BCUT2D eigenvalue weighted by Crippen LogP contribution is 2.15. The van der Waals surface area contributed by atoms with Crippen molar-refractivity contribution in [3.63, 3.8) is 0 Å². The highest BCUT2D eigenvalue weighted by Gasteiger charge is 2.15. The number of aromatic nitrogens is 1. The summed E-state index contributed by atoms with van der Waals surface area (Å²) in [6.45, 7) is 1.41. The van der Waals surface area contributed by atoms with E-state index in [1.165, 1.54) is 25.1 Å². The van der Waals surface area contributed by atoms with Crippen molar-refractivity contribution < 1.29 is 17.6 Å². The van der Waals surface area contributed by atoms with E-state index in [2.05, 4.69) is 9.71 Å². The Morgan fingerprint density at radius 2 is 2.00 bits per heavy atom. The fraction of sp³-hybridized carbons (Fsp3) is 0.125. The van der Waals surface area contributed by atoms with Crippen molar-refractivity contribution in [3.8, 4) is 0 Å². The van der Waals surface area contributed by atoms with Crippen LogP contribution in [0.25, 0.3) is 11.1 Å². The Morgan fingerprint density at radius 1 is 1.21 bits per heavy atom. The summed E-state index contributed by atoms with van der Waals surface area (Å²) < 4.78 is 32.1. The molecule has 124 valence electrons. The van der Waals surface area contributed by atoms with Crippen molar-refractivity contribution in [1.82, 2.24) is 9.71 Å². The first-order chi connectivity index (χ1) is 11.3. The summed E-state index contributed by atoms with van der Waals surface area (Å²) >= 11 is 0. The topological polar surface area (TPSA) is 109 Å². The Labute approximate surface area is 137 Å². The van der Waals surface area contributed by atoms with Gasteiger partial charge in [0.2, 0.25) is 10.0 Å². The number of rotatable bonds is 5. The smallest absolute Gasteiger partial charge is 0.408 e. The quantitative estimate of drug-likeness (QED) is 0.685. The molecule has 0 aliphatic rings. The minimum Gasteiger partial charge on any atom is -0.408 e. The van der Waals surface area contributed by atoms with Crippen LogP contribution in [0.4, 0.5) is 0 Å². The third-order valence-corrected chi connectivity index (χ3v) is 4.90. The second-order valence-electron chi connectivity index (χ2n) is 5.25. The Morgan fingerprint density at radius 3 is 2.75 bits per heavy atom. The second kappa shape index (κ2) is 6.06. The van der Waals surface area contributed by atoms with Crippen LogP contribution in [-0.2, 0) is 16.6 Å². The lowest BCUT2D eigenvalue weighted by molar-refractivity contribution is 0.101. The van der Waals surface area contributed by atoms with Gasteiger partial charge in [0.25, 0.3) is 0 Å². The molecule has 0 unspecified atom stereocenters. The monoisotopic (exact) mass is 346 g/mol. The first-order valence-electron chi connectivity index (χ1n) is 7.07. The molecule has 1 aromatic heterocycles. The van der Waals surface area contributed by atoms with Gasteiger partial charge < -0.3 is 4.42 Å². The van der Waals surface area contributed by atoms with Crippen molar-refractivity contribution in [2.75, 3.05) is 0 Å². The fourth-order valence-corrected chi connectivity index (χ4v) is 3.32. The Hall–Kier alpha value is -2.71. The number of ketones is 1. The predicted octanol–water partition coefficient (Wildman–Crippen LogP) is 1.80. The molecule has 2 N–H and O–H groups in total. The van der Waals surface area contributed by atoms with Gasteiger partial charge in [0.15, 0.2) is 11.4 Å². The van der Waals surface area contributed by atoms with Crippen LogP contribution in [0.2, 0.25) is 0 Å². The molecule has 0 saturated heterocycles. The normalized spacial score (nSPS) is 11.7. The molecule has 0 radical (unpaired) electrons. The lowest BCUT2D eigenvalue weighted by Gasteiger charge is -2.08. The number of aromatic amines is 1. The van der Waals surface area contributed by atoms with Crippen LogP contribution in [0.5, 0.6) is 0 Å². The zero-order chi connectivity index (χ0) is 17.3. The van der Waals surface area contributed by atoms with Crippen LogP contribution in [0.1, 0.15) is 22.8 Å². The van der Waals surface area contributed by atoms with Gasteiger partial charge in [-0.1, -0.05) is 18.2 Å². The van der Waals surface area contributed by atoms with Gasteiger partial charge in [-0.15, -0.1) is 0 Å². The third kappa shape index (κ3) is 3.29. The molecule has 24 heavy (non-hydrogen) atoms. The molecule has 3 aromatic rings. The molecular formula is C16H14N2O5S. The van der Waals surface area contributed by atoms with E-state index in [4.69, 9.17) is 4.42 Å². The first-order valence-corrected chi connectivity index (χ1v) is 8.56. The summed E-state index contributed by atoms with van der Waals surface area (Å²) in [7, 11) is -3.76. The maximum atomic E-state index is 12.3. The third-order valence-electron chi connectivity index (χ3n) is 3.50. The summed E-state index contributed by atoms with van der Waals surface area (Å²) in [6.07, 6.45) is 0. The van der Waals surface area contributed by atoms with Gasteiger partial charge in [0.05, 0.1) is 10.4 Å². The second-order valence-corrected chi connectivity index (χ2v) is 7.02. The average Bonchev–Trinajstić information content (AvgIpc) is 2.92. The van der Waals surface area contributed by atoms with Gasteiger partial charge in [0, 0.05) is 12.1 Å². The molecule has 0 fully saturated rings. The number of fused-ring (bicyclic) bond motifs is 1. The summed E-state index contributed by atoms with van der Waals surface area (Å²) in [5.74, 6) is -0.773. The van der Waals surface area contributed by atoms with E-state index in [1.54, 1.807) is 24.3 Å². The number of benzene rings is 2. The van der Waals surface area contributed by atoms with Gasteiger partial charge in [-0.2, -0.15) is 0 Å². The van der Waals surface area contributed by atoms with Crippen LogP contribution < -0.4 is 10.5 Å². The molecule has 0 saturated carbocycles. The molecule has 0 bridgehead atoms. The molecule has 0 aliphatic carbocycles. The highest BCUT2D eigenvalue weighted by atomic mass is 32.2. The number of oxazole rings is 1. The van der Waals surface area contributed by atoms with E-state index >= 15 is 0 Å². The largest absolute Gasteiger partial charge is 0.417 e. The van der Waals surface area contributed by atoms with Crippen LogP contribution >= 0.6 is 0 Å². The summed E-state index contributed by atoms with van der Waals surface area (Å²) in [5, 5.41) is 0. The van der Waals surface area contributed by atoms with Gasteiger partial charge in [-0.3, -0.25) is 9.78 Å². The number of carbonyl (C=O) groups is 1. The van der Waals surface area contributed by atoms with Gasteiger partial charge in [-0.05, 0) is 36.8 Å². The predicted molar refractivity (Wildman–Crippen MR) is 87.3 cm³/mol. The SMILES string of the molecule is CC(=O)c1cccc(S(=O)(=O)NCc2ccc3oc(=O)[nH]c3c2)c1. The van der Waals surface area contributed by atoms with Crippen LogP contribution in [-0.4, -0.2) is 19.2 Å². The molecular weight excluding hydrogens is 332 g/mol. The van der Waals surface area contributed by atoms with Gasteiger partial charge in [-0.25, -0.2) is 17.9 Å². The number of H-pyrrole nitrogens is 1. The fourth-order valence-electron chi connectivity index (χ4n) is 2.25. The average molecular weight is 346 g/mol. The molecule has 8 heteroatoms. The highest BCUT2D eigenvalue weighted by molar-refractivity contribution is 7.89. The zero-order valence-electron chi connectivity index (χ0n) is 12.7. The van der Waals surface area contributed by atoms with Crippen molar-refractivity contribution >= 4 is 26.9 Å². The van der Waals surface area contributed by atoms with E-state index in [9.17, 15) is 18.0 Å². The minimum absolute atomic E-state index is 0.0213. The Bertz CT molecular complexity index is 1080. The van der Waals surface area contributed by atoms with Crippen LogP contribution in [0.15, 0.2) is 56.6 Å². The van der Waals surface area contributed by atoms with Crippen molar-refractivity contribution in [2.45, 2.75) is 18.4 Å². The number of sulfonamides is 1. The summed E-state index contributed by atoms with van der Waals surface area (Å²) in [6, 6.07) is 10.7. The minimum atomic E-state index is -3.76. The molecule has 3 rings (SSSR count). The first kappa shape index (κ1) is 16.2. The summed E-state index contributed by atoms with van der Waals surface area (Å²) in [4.78, 5) is 25.0. The maximum Gasteiger partial charge on any atom is 0.417 e. The molecule has 0 atom stereocenters. The molecule has 7 nitrogen and oxygen atoms in total. The molecule has 0 amide bonds. The van der Waals surface area contributed by atoms with Crippen molar-refractivity contribution in [2.24, 2.45) is 0 Å². The standard InChI is InChI=1S/C16H14N2O5S/c1-10(19)12-3-2-4-13(8-12)24(21,22)17-9-11-5-6-15-14(7-11)18-16(20)23-15/h2-8,17H,9H2,1H3,(H,18,20). The molecule has 1 heterocycles. The zero-order valence-corrected chi connectivity index (χ0v) is 13.5. The maximum absolute atomic E-state index is 12.3. The summed E-state index contributed by atoms with van der Waals surface area (Å²) in [5.41, 5.74) is 1.89. The molecule has 0 aliphatic heterocycles. The van der Waals surface area contributed by atoms with Gasteiger partial charge in [0.1, 0.15) is 0 Å². The van der Waals surface area contributed by atoms with E-state index in [-0.39, 0.29) is 17.2 Å². The molecule has 0 spiro atoms. The number of Topliss-reactive ketones (excluding diaryl/α,β-unsaturated/α-hetero) is 1. The van der Waals surface area contributed by atoms with Crippen LogP contribution in [0.3, 0.4) is 0 Å². The Kier molecular flexibility index (Phi) is 4.08. The van der Waals surface area contributed by atoms with E-state index in [1.807, 2.05) is 0 Å². The lowest BCUT2D eigenvalue weighted by Crippen LogP contribution is -2.23.